The number of fused-ring (bicyclic) bond motifs is 4. The van der Waals surface area contributed by atoms with Crippen molar-refractivity contribution in [3.05, 3.63) is 30.0 Å². The van der Waals surface area contributed by atoms with Gasteiger partial charge < -0.3 is 10.6 Å². The lowest BCUT2D eigenvalue weighted by atomic mass is 9.61. The SMILES string of the molecule is [B]c1cccc2c1c(C(=O)NCC13CCC(CC1)CC3)cn2C(=O)NC. The molecule has 1 heterocycles. The Kier molecular flexibility index (Phi) is 4.29. The van der Waals surface area contributed by atoms with Gasteiger partial charge in [-0.3, -0.25) is 9.36 Å². The number of hydrogen-bond acceptors (Lipinski definition) is 2. The van der Waals surface area contributed by atoms with Crippen molar-refractivity contribution in [2.45, 2.75) is 38.5 Å². The third kappa shape index (κ3) is 2.81. The molecule has 2 N–H and O–H groups in total. The Morgan fingerprint density at radius 2 is 1.92 bits per heavy atom. The van der Waals surface area contributed by atoms with Crippen LogP contribution in [0.25, 0.3) is 10.9 Å². The van der Waals surface area contributed by atoms with Gasteiger partial charge in [0.05, 0.1) is 11.1 Å². The first-order valence-electron chi connectivity index (χ1n) is 9.43. The van der Waals surface area contributed by atoms with Crippen LogP contribution in [-0.4, -0.2) is 37.9 Å². The van der Waals surface area contributed by atoms with Gasteiger partial charge in [0, 0.05) is 25.2 Å². The molecule has 3 aliphatic carbocycles. The van der Waals surface area contributed by atoms with E-state index in [4.69, 9.17) is 7.85 Å². The highest BCUT2D eigenvalue weighted by molar-refractivity contribution is 6.40. The zero-order valence-electron chi connectivity index (χ0n) is 15.2. The summed E-state index contributed by atoms with van der Waals surface area (Å²) in [5.41, 5.74) is 1.87. The number of carbonyl (C=O) groups excluding carboxylic acids is 2. The number of benzene rings is 1. The number of carbonyl (C=O) groups is 2. The molecule has 3 saturated carbocycles. The van der Waals surface area contributed by atoms with E-state index in [-0.39, 0.29) is 17.4 Å². The second-order valence-corrected chi connectivity index (χ2v) is 7.87. The number of amides is 2. The van der Waals surface area contributed by atoms with Crippen molar-refractivity contribution in [2.24, 2.45) is 11.3 Å². The molecular weight excluding hydrogens is 325 g/mol. The van der Waals surface area contributed by atoms with E-state index in [0.29, 0.717) is 28.5 Å². The summed E-state index contributed by atoms with van der Waals surface area (Å²) in [5.74, 6) is 0.746. The van der Waals surface area contributed by atoms with Crippen LogP contribution in [0.15, 0.2) is 24.4 Å². The van der Waals surface area contributed by atoms with Gasteiger partial charge >= 0.3 is 6.03 Å². The van der Waals surface area contributed by atoms with Crippen LogP contribution in [0.3, 0.4) is 0 Å². The minimum atomic E-state index is -0.288. The van der Waals surface area contributed by atoms with Crippen molar-refractivity contribution >= 4 is 36.2 Å². The van der Waals surface area contributed by atoms with Crippen molar-refractivity contribution in [1.82, 2.24) is 15.2 Å². The first-order valence-corrected chi connectivity index (χ1v) is 9.43. The van der Waals surface area contributed by atoms with Gasteiger partial charge in [0.2, 0.25) is 0 Å². The Morgan fingerprint density at radius 3 is 2.58 bits per heavy atom. The molecule has 26 heavy (non-hydrogen) atoms. The van der Waals surface area contributed by atoms with Gasteiger partial charge in [-0.1, -0.05) is 17.6 Å². The molecule has 0 unspecified atom stereocenters. The maximum absolute atomic E-state index is 12.9. The molecule has 2 radical (unpaired) electrons. The van der Waals surface area contributed by atoms with Crippen LogP contribution in [0, 0.1) is 11.3 Å². The van der Waals surface area contributed by atoms with E-state index < -0.39 is 0 Å². The highest BCUT2D eigenvalue weighted by atomic mass is 16.2. The molecule has 0 atom stereocenters. The number of nitrogens with one attached hydrogen (secondary N) is 2. The number of aromatic nitrogens is 1. The van der Waals surface area contributed by atoms with Crippen molar-refractivity contribution in [3.63, 3.8) is 0 Å². The van der Waals surface area contributed by atoms with Gasteiger partial charge in [0.15, 0.2) is 0 Å². The Hall–Kier alpha value is -2.24. The third-order valence-electron chi connectivity index (χ3n) is 6.41. The summed E-state index contributed by atoms with van der Waals surface area (Å²) in [6.07, 6.45) is 9.08. The Balaban J connectivity index is 1.61. The van der Waals surface area contributed by atoms with Gasteiger partial charge in [0.25, 0.3) is 5.91 Å². The summed E-state index contributed by atoms with van der Waals surface area (Å²) in [5, 5.41) is 6.37. The molecule has 6 heteroatoms. The van der Waals surface area contributed by atoms with Crippen LogP contribution in [0.4, 0.5) is 4.79 Å². The highest BCUT2D eigenvalue weighted by Gasteiger charge is 2.40. The van der Waals surface area contributed by atoms with E-state index in [9.17, 15) is 9.59 Å². The van der Waals surface area contributed by atoms with Gasteiger partial charge in [-0.2, -0.15) is 0 Å². The van der Waals surface area contributed by atoms with Crippen molar-refractivity contribution < 1.29 is 9.59 Å². The number of nitrogens with zero attached hydrogens (tertiary/aromatic N) is 1. The predicted molar refractivity (Wildman–Crippen MR) is 103 cm³/mol. The molecule has 2 bridgehead atoms. The molecule has 3 aliphatic rings. The summed E-state index contributed by atoms with van der Waals surface area (Å²) in [6.45, 7) is 0.706. The van der Waals surface area contributed by atoms with E-state index in [1.807, 2.05) is 0 Å². The van der Waals surface area contributed by atoms with E-state index in [1.165, 1.54) is 43.1 Å². The van der Waals surface area contributed by atoms with Gasteiger partial charge in [-0.25, -0.2) is 4.79 Å². The average molecular weight is 349 g/mol. The van der Waals surface area contributed by atoms with Crippen molar-refractivity contribution in [2.75, 3.05) is 13.6 Å². The van der Waals surface area contributed by atoms with Gasteiger partial charge in [-0.15, -0.1) is 0 Å². The third-order valence-corrected chi connectivity index (χ3v) is 6.41. The van der Waals surface area contributed by atoms with Crippen LogP contribution in [-0.2, 0) is 0 Å². The van der Waals surface area contributed by atoms with Crippen LogP contribution in [0.5, 0.6) is 0 Å². The normalized spacial score (nSPS) is 24.6. The second kappa shape index (κ2) is 6.49. The Bertz CT molecular complexity index is 852. The maximum atomic E-state index is 12.9. The predicted octanol–water partition coefficient (Wildman–Crippen LogP) is 2.32. The van der Waals surface area contributed by atoms with Crippen molar-refractivity contribution in [3.8, 4) is 0 Å². The highest BCUT2D eigenvalue weighted by Crippen LogP contribution is 2.49. The fourth-order valence-electron chi connectivity index (χ4n) is 4.74. The monoisotopic (exact) mass is 349 g/mol. The average Bonchev–Trinajstić information content (AvgIpc) is 3.08. The topological polar surface area (TPSA) is 63.1 Å². The van der Waals surface area contributed by atoms with E-state index >= 15 is 0 Å². The first-order chi connectivity index (χ1) is 12.5. The maximum Gasteiger partial charge on any atom is 0.325 e. The Labute approximate surface area is 154 Å². The fourth-order valence-corrected chi connectivity index (χ4v) is 4.74. The zero-order valence-corrected chi connectivity index (χ0v) is 15.2. The molecule has 5 rings (SSSR count). The van der Waals surface area contributed by atoms with Crippen LogP contribution in [0.1, 0.15) is 48.9 Å². The molecule has 5 nitrogen and oxygen atoms in total. The summed E-state index contributed by atoms with van der Waals surface area (Å²) in [7, 11) is 7.69. The quantitative estimate of drug-likeness (QED) is 0.836. The lowest BCUT2D eigenvalue weighted by molar-refractivity contribution is 0.0598. The van der Waals surface area contributed by atoms with E-state index in [0.717, 1.165) is 5.92 Å². The summed E-state index contributed by atoms with van der Waals surface area (Å²) in [6, 6.07) is 5.06. The zero-order chi connectivity index (χ0) is 18.3. The molecule has 2 amide bonds. The molecule has 1 aromatic heterocycles. The van der Waals surface area contributed by atoms with Crippen molar-refractivity contribution in [1.29, 1.82) is 0 Å². The minimum Gasteiger partial charge on any atom is -0.351 e. The van der Waals surface area contributed by atoms with Gasteiger partial charge in [0.1, 0.15) is 7.85 Å². The largest absolute Gasteiger partial charge is 0.351 e. The number of rotatable bonds is 3. The molecule has 134 valence electrons. The smallest absolute Gasteiger partial charge is 0.325 e. The molecule has 2 aromatic rings. The van der Waals surface area contributed by atoms with Crippen LogP contribution < -0.4 is 16.1 Å². The van der Waals surface area contributed by atoms with E-state index in [2.05, 4.69) is 10.6 Å². The summed E-state index contributed by atoms with van der Waals surface area (Å²) < 4.78 is 1.45. The van der Waals surface area contributed by atoms with Crippen LogP contribution in [0.2, 0.25) is 0 Å². The van der Waals surface area contributed by atoms with E-state index in [1.54, 1.807) is 31.4 Å². The standard InChI is InChI=1S/C20H24BN3O2/c1-22-19(26)24-11-14(17-15(21)3-2-4-16(17)24)18(25)23-12-20-8-5-13(6-9-20)7-10-20/h2-4,11,13H,5-10,12H2,1H3,(H,22,26)(H,23,25). The molecule has 0 saturated heterocycles. The lowest BCUT2D eigenvalue weighted by Crippen LogP contribution is -2.43. The molecule has 3 fully saturated rings. The lowest BCUT2D eigenvalue weighted by Gasteiger charge is -2.46. The minimum absolute atomic E-state index is 0.155. The van der Waals surface area contributed by atoms with Gasteiger partial charge in [-0.05, 0) is 55.9 Å². The molecule has 0 aliphatic heterocycles. The first kappa shape index (κ1) is 17.2. The molecule has 0 spiro atoms. The molecule has 1 aromatic carbocycles. The fraction of sp³-hybridized carbons (Fsp3) is 0.500. The second-order valence-electron chi connectivity index (χ2n) is 7.87. The number of hydrogen-bond donors (Lipinski definition) is 2. The molecular formula is C20H24BN3O2. The van der Waals surface area contributed by atoms with Crippen LogP contribution >= 0.6 is 0 Å². The summed E-state index contributed by atoms with van der Waals surface area (Å²) in [4.78, 5) is 25.1. The summed E-state index contributed by atoms with van der Waals surface area (Å²) >= 11 is 0. The Morgan fingerprint density at radius 1 is 1.23 bits per heavy atom.